The predicted molar refractivity (Wildman–Crippen MR) is 112 cm³/mol. The Kier molecular flexibility index (Phi) is 5.85. The maximum atomic E-state index is 12.5. The fraction of sp³-hybridized carbons (Fsp3) is 0.211. The topological polar surface area (TPSA) is 110 Å². The van der Waals surface area contributed by atoms with Crippen LogP contribution in [0, 0.1) is 5.41 Å². The number of carbonyl (C=O) groups is 1. The van der Waals surface area contributed by atoms with E-state index in [1.54, 1.807) is 45.0 Å². The normalized spacial score (nSPS) is 11.7. The molecule has 2 N–H and O–H groups in total. The average molecular weight is 433 g/mol. The van der Waals surface area contributed by atoms with Crippen molar-refractivity contribution in [2.45, 2.75) is 25.1 Å². The number of sulfonamides is 1. The van der Waals surface area contributed by atoms with Crippen LogP contribution in [0.5, 0.6) is 11.5 Å². The number of amides is 1. The summed E-state index contributed by atoms with van der Waals surface area (Å²) in [6.07, 6.45) is 0. The molecule has 0 aliphatic heterocycles. The van der Waals surface area contributed by atoms with Gasteiger partial charge >= 0.3 is 0 Å². The molecule has 1 aromatic heterocycles. The molecule has 29 heavy (non-hydrogen) atoms. The lowest BCUT2D eigenvalue weighted by Gasteiger charge is -2.15. The molecule has 1 amide bonds. The zero-order valence-electron chi connectivity index (χ0n) is 16.0. The molecule has 3 aromatic rings. The van der Waals surface area contributed by atoms with E-state index in [9.17, 15) is 13.2 Å². The van der Waals surface area contributed by atoms with Gasteiger partial charge in [-0.2, -0.15) is 8.42 Å². The molecule has 0 fully saturated rings. The lowest BCUT2D eigenvalue weighted by Crippen LogP contribution is -2.27. The first-order chi connectivity index (χ1) is 13.6. The van der Waals surface area contributed by atoms with Gasteiger partial charge in [-0.25, -0.2) is 0 Å². The van der Waals surface area contributed by atoms with Gasteiger partial charge in [0, 0.05) is 11.1 Å². The van der Waals surface area contributed by atoms with E-state index < -0.39 is 15.4 Å². The number of anilines is 2. The summed E-state index contributed by atoms with van der Waals surface area (Å²) in [5, 5.41) is 10.1. The molecule has 0 saturated carbocycles. The van der Waals surface area contributed by atoms with Crippen LogP contribution in [0.15, 0.2) is 58.9 Å². The molecule has 0 unspecified atom stereocenters. The molecule has 0 saturated heterocycles. The minimum Gasteiger partial charge on any atom is -0.457 e. The second-order valence-corrected chi connectivity index (χ2v) is 9.96. The van der Waals surface area contributed by atoms with Crippen molar-refractivity contribution in [3.8, 4) is 11.5 Å². The van der Waals surface area contributed by atoms with E-state index in [1.807, 2.05) is 30.3 Å². The van der Waals surface area contributed by atoms with Gasteiger partial charge in [0.15, 0.2) is 0 Å². The highest BCUT2D eigenvalue weighted by molar-refractivity contribution is 7.94. The van der Waals surface area contributed by atoms with E-state index in [4.69, 9.17) is 4.74 Å². The molecule has 152 valence electrons. The molecule has 0 bridgehead atoms. The number of ether oxygens (including phenoxy) is 1. The highest BCUT2D eigenvalue weighted by Crippen LogP contribution is 2.26. The number of rotatable bonds is 6. The first kappa shape index (κ1) is 20.7. The first-order valence-electron chi connectivity index (χ1n) is 8.64. The SMILES string of the molecule is CC(C)(C)C(=O)Nc1nnc(S(=O)(=O)Nc2ccc(Oc3ccccc3)cc2)s1. The Bertz CT molecular complexity index is 1090. The van der Waals surface area contributed by atoms with Gasteiger partial charge in [0.05, 0.1) is 0 Å². The molecule has 1 heterocycles. The van der Waals surface area contributed by atoms with E-state index in [2.05, 4.69) is 20.2 Å². The lowest BCUT2D eigenvalue weighted by atomic mass is 9.96. The van der Waals surface area contributed by atoms with Crippen molar-refractivity contribution in [3.05, 3.63) is 54.6 Å². The lowest BCUT2D eigenvalue weighted by molar-refractivity contribution is -0.123. The van der Waals surface area contributed by atoms with E-state index >= 15 is 0 Å². The summed E-state index contributed by atoms with van der Waals surface area (Å²) in [7, 11) is -3.93. The first-order valence-corrected chi connectivity index (χ1v) is 10.9. The molecular formula is C19H20N4O4S2. The summed E-state index contributed by atoms with van der Waals surface area (Å²) < 4.78 is 32.9. The highest BCUT2D eigenvalue weighted by Gasteiger charge is 2.25. The summed E-state index contributed by atoms with van der Waals surface area (Å²) in [5.74, 6) is 0.973. The Hall–Kier alpha value is -2.98. The molecule has 0 atom stereocenters. The van der Waals surface area contributed by atoms with E-state index in [0.717, 1.165) is 11.3 Å². The van der Waals surface area contributed by atoms with Crippen LogP contribution in [-0.4, -0.2) is 24.5 Å². The minimum atomic E-state index is -3.93. The number of aromatic nitrogens is 2. The van der Waals surface area contributed by atoms with Crippen molar-refractivity contribution in [1.82, 2.24) is 10.2 Å². The molecule has 0 aliphatic carbocycles. The van der Waals surface area contributed by atoms with Crippen molar-refractivity contribution in [2.24, 2.45) is 5.41 Å². The second kappa shape index (κ2) is 8.18. The third-order valence-corrected chi connectivity index (χ3v) is 6.21. The minimum absolute atomic E-state index is 0.122. The number of benzene rings is 2. The number of hydrogen-bond donors (Lipinski definition) is 2. The van der Waals surface area contributed by atoms with Crippen LogP contribution in [0.1, 0.15) is 20.8 Å². The number of nitrogens with one attached hydrogen (secondary N) is 2. The number of para-hydroxylation sites is 1. The molecule has 0 spiro atoms. The van der Waals surface area contributed by atoms with Crippen LogP contribution in [0.3, 0.4) is 0 Å². The number of hydrogen-bond acceptors (Lipinski definition) is 7. The number of carbonyl (C=O) groups excluding carboxylic acids is 1. The zero-order chi connectivity index (χ0) is 21.1. The second-order valence-electron chi connectivity index (χ2n) is 7.12. The monoisotopic (exact) mass is 432 g/mol. The average Bonchev–Trinajstić information content (AvgIpc) is 3.13. The van der Waals surface area contributed by atoms with Crippen molar-refractivity contribution in [1.29, 1.82) is 0 Å². The maximum absolute atomic E-state index is 12.5. The summed E-state index contributed by atoms with van der Waals surface area (Å²) in [4.78, 5) is 12.0. The van der Waals surface area contributed by atoms with Crippen molar-refractivity contribution >= 4 is 38.1 Å². The largest absolute Gasteiger partial charge is 0.457 e. The number of nitrogens with zero attached hydrogens (tertiary/aromatic N) is 2. The summed E-state index contributed by atoms with van der Waals surface area (Å²) in [6, 6.07) is 15.7. The van der Waals surface area contributed by atoms with Gasteiger partial charge in [-0.15, -0.1) is 10.2 Å². The van der Waals surface area contributed by atoms with Crippen molar-refractivity contribution < 1.29 is 17.9 Å². The van der Waals surface area contributed by atoms with Crippen LogP contribution < -0.4 is 14.8 Å². The van der Waals surface area contributed by atoms with Gasteiger partial charge in [0.25, 0.3) is 14.4 Å². The van der Waals surface area contributed by atoms with E-state index in [1.165, 1.54) is 0 Å². The molecular weight excluding hydrogens is 412 g/mol. The van der Waals surface area contributed by atoms with Gasteiger partial charge in [0.2, 0.25) is 11.0 Å². The summed E-state index contributed by atoms with van der Waals surface area (Å²) >= 11 is 0.779. The Morgan fingerprint density at radius 3 is 2.21 bits per heavy atom. The fourth-order valence-electron chi connectivity index (χ4n) is 2.07. The van der Waals surface area contributed by atoms with Gasteiger partial charge in [-0.05, 0) is 36.4 Å². The van der Waals surface area contributed by atoms with E-state index in [0.29, 0.717) is 17.2 Å². The zero-order valence-corrected chi connectivity index (χ0v) is 17.7. The van der Waals surface area contributed by atoms with Crippen LogP contribution in [0.25, 0.3) is 0 Å². The Balaban J connectivity index is 1.67. The van der Waals surface area contributed by atoms with Gasteiger partial charge < -0.3 is 10.1 Å². The van der Waals surface area contributed by atoms with Crippen molar-refractivity contribution in [2.75, 3.05) is 10.0 Å². The van der Waals surface area contributed by atoms with Crippen LogP contribution in [0.4, 0.5) is 10.8 Å². The van der Waals surface area contributed by atoms with Crippen LogP contribution in [-0.2, 0) is 14.8 Å². The molecule has 3 rings (SSSR count). The molecule has 0 aliphatic rings. The van der Waals surface area contributed by atoms with E-state index in [-0.39, 0.29) is 15.4 Å². The highest BCUT2D eigenvalue weighted by atomic mass is 32.2. The predicted octanol–water partition coefficient (Wildman–Crippen LogP) is 4.12. The Morgan fingerprint density at radius 1 is 0.966 bits per heavy atom. The molecule has 10 heteroatoms. The quantitative estimate of drug-likeness (QED) is 0.567. The van der Waals surface area contributed by atoms with Crippen LogP contribution in [0.2, 0.25) is 0 Å². The Morgan fingerprint density at radius 2 is 1.59 bits per heavy atom. The van der Waals surface area contributed by atoms with Gasteiger partial charge in [-0.1, -0.05) is 50.3 Å². The molecule has 0 radical (unpaired) electrons. The summed E-state index contributed by atoms with van der Waals surface area (Å²) in [6.45, 7) is 5.23. The molecule has 8 nitrogen and oxygen atoms in total. The molecule has 2 aromatic carbocycles. The van der Waals surface area contributed by atoms with Gasteiger partial charge in [0.1, 0.15) is 11.5 Å². The van der Waals surface area contributed by atoms with Gasteiger partial charge in [-0.3, -0.25) is 9.52 Å². The maximum Gasteiger partial charge on any atom is 0.291 e. The summed E-state index contributed by atoms with van der Waals surface area (Å²) in [5.41, 5.74) is -0.284. The fourth-order valence-corrected chi connectivity index (χ4v) is 4.02. The van der Waals surface area contributed by atoms with Crippen LogP contribution >= 0.6 is 11.3 Å². The Labute approximate surface area is 173 Å². The smallest absolute Gasteiger partial charge is 0.291 e. The third kappa shape index (κ3) is 5.52. The third-order valence-electron chi connectivity index (χ3n) is 3.62. The standard InChI is InChI=1S/C19H20N4O4S2/c1-19(2,3)16(24)20-17-21-22-18(28-17)29(25,26)23-13-9-11-15(12-10-13)27-14-7-5-4-6-8-14/h4-12,23H,1-3H3,(H,20,21,24). The van der Waals surface area contributed by atoms with Crippen molar-refractivity contribution in [3.63, 3.8) is 0 Å².